The van der Waals surface area contributed by atoms with E-state index in [4.69, 9.17) is 4.74 Å². The van der Waals surface area contributed by atoms with Gasteiger partial charge in [0, 0.05) is 18.0 Å². The number of thiophene rings is 1. The molecule has 190 valence electrons. The molecule has 0 saturated carbocycles. The fourth-order valence-corrected chi connectivity index (χ4v) is 5.58. The summed E-state index contributed by atoms with van der Waals surface area (Å²) in [5, 5.41) is 2.11. The van der Waals surface area contributed by atoms with E-state index in [0.29, 0.717) is 18.8 Å². The lowest BCUT2D eigenvalue weighted by atomic mass is 9.85. The monoisotopic (exact) mass is 504 g/mol. The molecule has 1 aromatic heterocycles. The van der Waals surface area contributed by atoms with Gasteiger partial charge in [-0.3, -0.25) is 9.59 Å². The number of rotatable bonds is 8. The minimum absolute atomic E-state index is 0.0294. The molecule has 1 atom stereocenters. The highest BCUT2D eigenvalue weighted by molar-refractivity contribution is 7.10. The second-order valence-electron chi connectivity index (χ2n) is 10.3. The van der Waals surface area contributed by atoms with Crippen molar-refractivity contribution >= 4 is 23.2 Å². The van der Waals surface area contributed by atoms with Crippen molar-refractivity contribution in [3.63, 3.8) is 0 Å². The number of carbonyl (C=O) groups excluding carboxylic acids is 2. The predicted octanol–water partition coefficient (Wildman–Crippen LogP) is 5.84. The van der Waals surface area contributed by atoms with Gasteiger partial charge in [-0.25, -0.2) is 0 Å². The molecule has 2 heterocycles. The number of hydrogen-bond donors (Lipinski definition) is 0. The number of para-hydroxylation sites is 1. The lowest BCUT2D eigenvalue weighted by molar-refractivity contribution is -0.142. The summed E-state index contributed by atoms with van der Waals surface area (Å²) in [6.07, 6.45) is 1.62. The Morgan fingerprint density at radius 1 is 1.06 bits per heavy atom. The maximum absolute atomic E-state index is 13.7. The first-order chi connectivity index (χ1) is 17.3. The van der Waals surface area contributed by atoms with Crippen LogP contribution in [0.15, 0.2) is 66.0 Å². The number of hydrogen-bond acceptors (Lipinski definition) is 4. The second kappa shape index (κ2) is 11.3. The van der Waals surface area contributed by atoms with Crippen LogP contribution in [0.2, 0.25) is 0 Å². The minimum Gasteiger partial charge on any atom is -0.484 e. The first-order valence-electron chi connectivity index (χ1n) is 12.7. The Labute approximate surface area is 218 Å². The predicted molar refractivity (Wildman–Crippen MR) is 146 cm³/mol. The van der Waals surface area contributed by atoms with Gasteiger partial charge in [0.2, 0.25) is 5.91 Å². The summed E-state index contributed by atoms with van der Waals surface area (Å²) in [4.78, 5) is 31.6. The molecule has 0 fully saturated rings. The molecule has 0 saturated heterocycles. The third-order valence-electron chi connectivity index (χ3n) is 6.66. The first kappa shape index (κ1) is 26.0. The van der Waals surface area contributed by atoms with E-state index < -0.39 is 0 Å². The summed E-state index contributed by atoms with van der Waals surface area (Å²) in [6.45, 7) is 9.77. The highest BCUT2D eigenvalue weighted by atomic mass is 32.1. The summed E-state index contributed by atoms with van der Waals surface area (Å²) >= 11 is 1.76. The summed E-state index contributed by atoms with van der Waals surface area (Å²) in [5.74, 6) is 0.444. The van der Waals surface area contributed by atoms with Gasteiger partial charge in [0.15, 0.2) is 6.61 Å². The number of amides is 2. The maximum Gasteiger partial charge on any atom is 0.260 e. The quantitative estimate of drug-likeness (QED) is 0.387. The van der Waals surface area contributed by atoms with Gasteiger partial charge in [-0.05, 0) is 58.5 Å². The fourth-order valence-electron chi connectivity index (χ4n) is 4.68. The van der Waals surface area contributed by atoms with Crippen LogP contribution in [0, 0.1) is 0 Å². The summed E-state index contributed by atoms with van der Waals surface area (Å²) in [7, 11) is 0. The average molecular weight is 505 g/mol. The van der Waals surface area contributed by atoms with E-state index in [1.54, 1.807) is 16.2 Å². The van der Waals surface area contributed by atoms with Gasteiger partial charge in [-0.2, -0.15) is 0 Å². The Morgan fingerprint density at radius 2 is 1.78 bits per heavy atom. The van der Waals surface area contributed by atoms with Crippen LogP contribution in [0.1, 0.15) is 61.7 Å². The normalized spacial score (nSPS) is 15.3. The number of nitrogens with zero attached hydrogens (tertiary/aromatic N) is 2. The zero-order valence-electron chi connectivity index (χ0n) is 21.7. The van der Waals surface area contributed by atoms with Gasteiger partial charge in [-0.1, -0.05) is 70.2 Å². The van der Waals surface area contributed by atoms with Gasteiger partial charge in [-0.15, -0.1) is 11.3 Å². The van der Waals surface area contributed by atoms with Crippen LogP contribution in [0.3, 0.4) is 0 Å². The van der Waals surface area contributed by atoms with Gasteiger partial charge in [0.25, 0.3) is 5.91 Å². The van der Waals surface area contributed by atoms with Crippen LogP contribution in [0.25, 0.3) is 0 Å². The van der Waals surface area contributed by atoms with Crippen molar-refractivity contribution in [2.45, 2.75) is 52.0 Å². The zero-order valence-corrected chi connectivity index (χ0v) is 22.5. The molecule has 2 amide bonds. The zero-order chi connectivity index (χ0) is 25.7. The van der Waals surface area contributed by atoms with E-state index in [2.05, 4.69) is 56.5 Å². The lowest BCUT2D eigenvalue weighted by Gasteiger charge is -2.38. The number of ether oxygens (including phenoxy) is 1. The molecule has 0 bridgehead atoms. The molecule has 4 rings (SSSR count). The molecule has 6 heteroatoms. The van der Waals surface area contributed by atoms with Gasteiger partial charge < -0.3 is 14.5 Å². The Hall–Kier alpha value is -3.12. The van der Waals surface area contributed by atoms with Crippen molar-refractivity contribution in [2.24, 2.45) is 0 Å². The molecule has 1 aliphatic rings. The third-order valence-corrected chi connectivity index (χ3v) is 7.65. The number of carbonyl (C=O) groups is 2. The Balaban J connectivity index is 1.53. The minimum atomic E-state index is -0.173. The van der Waals surface area contributed by atoms with Crippen molar-refractivity contribution in [1.29, 1.82) is 0 Å². The van der Waals surface area contributed by atoms with Crippen LogP contribution >= 0.6 is 11.3 Å². The Kier molecular flexibility index (Phi) is 8.14. The van der Waals surface area contributed by atoms with E-state index >= 15 is 0 Å². The summed E-state index contributed by atoms with van der Waals surface area (Å²) in [5.41, 5.74) is 3.64. The lowest BCUT2D eigenvalue weighted by Crippen LogP contribution is -2.47. The summed E-state index contributed by atoms with van der Waals surface area (Å²) < 4.78 is 5.67. The molecular formula is C30H36N2O3S. The third kappa shape index (κ3) is 5.98. The Bertz CT molecular complexity index is 1160. The standard InChI is InChI=1S/C30H36N2O3S/c1-5-17-31(28(34)21-35-24-9-7-6-8-10-24)20-27(33)32-18-15-26-25(16-19-36-26)29(32)22-11-13-23(14-12-22)30(2,3)4/h6-14,16,19,29H,5,15,17-18,20-21H2,1-4H3. The van der Waals surface area contributed by atoms with Crippen LogP contribution in [0.5, 0.6) is 5.75 Å². The topological polar surface area (TPSA) is 49.9 Å². The molecule has 0 spiro atoms. The smallest absolute Gasteiger partial charge is 0.260 e. The molecule has 0 N–H and O–H groups in total. The number of fused-ring (bicyclic) bond motifs is 1. The fraction of sp³-hybridized carbons (Fsp3) is 0.400. The Morgan fingerprint density at radius 3 is 2.44 bits per heavy atom. The van der Waals surface area contributed by atoms with Crippen LogP contribution in [0.4, 0.5) is 0 Å². The highest BCUT2D eigenvalue weighted by Gasteiger charge is 2.34. The van der Waals surface area contributed by atoms with E-state index in [0.717, 1.165) is 18.4 Å². The SMILES string of the molecule is CCCN(CC(=O)N1CCc2sccc2C1c1ccc(C(C)(C)C)cc1)C(=O)COc1ccccc1. The second-order valence-corrected chi connectivity index (χ2v) is 11.3. The van der Waals surface area contributed by atoms with Gasteiger partial charge in [0.1, 0.15) is 5.75 Å². The van der Waals surface area contributed by atoms with Crippen molar-refractivity contribution in [2.75, 3.05) is 26.2 Å². The number of benzene rings is 2. The molecule has 2 aromatic carbocycles. The van der Waals surface area contributed by atoms with Crippen LogP contribution in [-0.2, 0) is 21.4 Å². The molecule has 5 nitrogen and oxygen atoms in total. The first-order valence-corrected chi connectivity index (χ1v) is 13.6. The van der Waals surface area contributed by atoms with Crippen molar-refractivity contribution in [3.05, 3.63) is 87.6 Å². The molecular weight excluding hydrogens is 468 g/mol. The molecule has 0 aliphatic carbocycles. The van der Waals surface area contributed by atoms with E-state index in [-0.39, 0.29) is 36.4 Å². The van der Waals surface area contributed by atoms with E-state index in [1.807, 2.05) is 42.2 Å². The molecule has 36 heavy (non-hydrogen) atoms. The van der Waals surface area contributed by atoms with E-state index in [9.17, 15) is 9.59 Å². The van der Waals surface area contributed by atoms with Crippen molar-refractivity contribution in [1.82, 2.24) is 9.80 Å². The van der Waals surface area contributed by atoms with Crippen LogP contribution < -0.4 is 4.74 Å². The van der Waals surface area contributed by atoms with E-state index in [1.165, 1.54) is 16.0 Å². The molecule has 1 aliphatic heterocycles. The van der Waals surface area contributed by atoms with Crippen molar-refractivity contribution < 1.29 is 14.3 Å². The molecule has 1 unspecified atom stereocenters. The average Bonchev–Trinajstić information content (AvgIpc) is 3.35. The van der Waals surface area contributed by atoms with Gasteiger partial charge in [0.05, 0.1) is 12.6 Å². The molecule has 3 aromatic rings. The maximum atomic E-state index is 13.7. The summed E-state index contributed by atoms with van der Waals surface area (Å²) in [6, 6.07) is 20.0. The highest BCUT2D eigenvalue weighted by Crippen LogP contribution is 2.38. The largest absolute Gasteiger partial charge is 0.484 e. The molecule has 0 radical (unpaired) electrons. The van der Waals surface area contributed by atoms with Gasteiger partial charge >= 0.3 is 0 Å². The van der Waals surface area contributed by atoms with Crippen LogP contribution in [-0.4, -0.2) is 47.9 Å². The van der Waals surface area contributed by atoms with Crippen molar-refractivity contribution in [3.8, 4) is 5.75 Å².